The fraction of sp³-hybridized carbons (Fsp3) is 0.227. The van der Waals surface area contributed by atoms with Gasteiger partial charge in [0.05, 0.1) is 7.11 Å². The van der Waals surface area contributed by atoms with Crippen molar-refractivity contribution in [1.29, 1.82) is 5.26 Å². The number of ether oxygens (including phenoxy) is 4. The van der Waals surface area contributed by atoms with E-state index in [0.717, 1.165) is 0 Å². The van der Waals surface area contributed by atoms with Gasteiger partial charge in [-0.25, -0.2) is 4.79 Å². The lowest BCUT2D eigenvalue weighted by Crippen LogP contribution is -2.30. The summed E-state index contributed by atoms with van der Waals surface area (Å²) in [7, 11) is 1.54. The van der Waals surface area contributed by atoms with Crippen LogP contribution in [0.25, 0.3) is 6.08 Å². The number of nitriles is 1. The number of fused-ring (bicyclic) bond motifs is 1. The first-order valence-corrected chi connectivity index (χ1v) is 9.17. The molecule has 1 amide bonds. The Hall–Kier alpha value is -3.99. The molecule has 154 valence electrons. The summed E-state index contributed by atoms with van der Waals surface area (Å²) in [5, 5.41) is 11.9. The van der Waals surface area contributed by atoms with Gasteiger partial charge in [-0.05, 0) is 42.8 Å². The molecular weight excluding hydrogens is 388 g/mol. The van der Waals surface area contributed by atoms with Crippen molar-refractivity contribution in [3.8, 4) is 23.3 Å². The number of esters is 1. The molecule has 2 aromatic carbocycles. The SMILES string of the molecule is COc1ccc(/C=C(\C#N)C(=O)O[C@H](C)C(=O)Nc2ccc3c(c2)OCCO3)cc1. The van der Waals surface area contributed by atoms with Crippen molar-refractivity contribution in [2.45, 2.75) is 13.0 Å². The van der Waals surface area contributed by atoms with Gasteiger partial charge in [0.25, 0.3) is 5.91 Å². The summed E-state index contributed by atoms with van der Waals surface area (Å²) in [6.07, 6.45) is 0.269. The smallest absolute Gasteiger partial charge is 0.349 e. The molecule has 0 aromatic heterocycles. The van der Waals surface area contributed by atoms with E-state index in [2.05, 4.69) is 5.32 Å². The van der Waals surface area contributed by atoms with Crippen LogP contribution in [0.5, 0.6) is 17.2 Å². The van der Waals surface area contributed by atoms with E-state index in [9.17, 15) is 14.9 Å². The van der Waals surface area contributed by atoms with Crippen molar-refractivity contribution < 1.29 is 28.5 Å². The molecule has 30 heavy (non-hydrogen) atoms. The number of rotatable bonds is 6. The zero-order valence-electron chi connectivity index (χ0n) is 16.5. The Labute approximate surface area is 173 Å². The van der Waals surface area contributed by atoms with Gasteiger partial charge in [0.15, 0.2) is 17.6 Å². The highest BCUT2D eigenvalue weighted by atomic mass is 16.6. The van der Waals surface area contributed by atoms with Crippen molar-refractivity contribution in [3.05, 3.63) is 53.6 Å². The van der Waals surface area contributed by atoms with E-state index in [1.54, 1.807) is 55.6 Å². The molecule has 3 rings (SSSR count). The largest absolute Gasteiger partial charge is 0.497 e. The normalized spacial score (nSPS) is 13.6. The van der Waals surface area contributed by atoms with E-state index in [-0.39, 0.29) is 5.57 Å². The maximum absolute atomic E-state index is 12.4. The molecule has 0 fully saturated rings. The molecule has 1 atom stereocenters. The van der Waals surface area contributed by atoms with Gasteiger partial charge in [0.2, 0.25) is 0 Å². The first kappa shape index (κ1) is 20.7. The minimum Gasteiger partial charge on any atom is -0.497 e. The molecule has 1 heterocycles. The summed E-state index contributed by atoms with van der Waals surface area (Å²) >= 11 is 0. The topological polar surface area (TPSA) is 107 Å². The van der Waals surface area contributed by atoms with Crippen LogP contribution in [0.2, 0.25) is 0 Å². The lowest BCUT2D eigenvalue weighted by Gasteiger charge is -2.19. The minimum absolute atomic E-state index is 0.223. The molecule has 0 bridgehead atoms. The van der Waals surface area contributed by atoms with Gasteiger partial charge in [-0.3, -0.25) is 4.79 Å². The van der Waals surface area contributed by atoms with Crippen LogP contribution in [0.3, 0.4) is 0 Å². The van der Waals surface area contributed by atoms with E-state index in [0.29, 0.717) is 41.7 Å². The molecule has 8 heteroatoms. The fourth-order valence-corrected chi connectivity index (χ4v) is 2.65. The zero-order chi connectivity index (χ0) is 21.5. The number of amides is 1. The summed E-state index contributed by atoms with van der Waals surface area (Å²) in [6.45, 7) is 2.32. The van der Waals surface area contributed by atoms with Crippen LogP contribution in [-0.4, -0.2) is 38.3 Å². The monoisotopic (exact) mass is 408 g/mol. The van der Waals surface area contributed by atoms with Crippen molar-refractivity contribution in [1.82, 2.24) is 0 Å². The lowest BCUT2D eigenvalue weighted by molar-refractivity contribution is -0.148. The van der Waals surface area contributed by atoms with Crippen LogP contribution in [0.4, 0.5) is 5.69 Å². The van der Waals surface area contributed by atoms with Gasteiger partial charge >= 0.3 is 5.97 Å². The number of carbonyl (C=O) groups excluding carboxylic acids is 2. The molecule has 0 saturated carbocycles. The molecule has 0 unspecified atom stereocenters. The average molecular weight is 408 g/mol. The average Bonchev–Trinajstić information content (AvgIpc) is 2.77. The van der Waals surface area contributed by atoms with Crippen molar-refractivity contribution >= 4 is 23.6 Å². The highest BCUT2D eigenvalue weighted by Gasteiger charge is 2.21. The molecular formula is C22H20N2O6. The van der Waals surface area contributed by atoms with Crippen LogP contribution < -0.4 is 19.5 Å². The lowest BCUT2D eigenvalue weighted by atomic mass is 10.1. The van der Waals surface area contributed by atoms with Crippen molar-refractivity contribution in [2.24, 2.45) is 0 Å². The third-order valence-electron chi connectivity index (χ3n) is 4.23. The Balaban J connectivity index is 1.62. The predicted molar refractivity (Wildman–Crippen MR) is 108 cm³/mol. The molecule has 0 aliphatic carbocycles. The minimum atomic E-state index is -1.11. The second-order valence-corrected chi connectivity index (χ2v) is 6.34. The summed E-state index contributed by atoms with van der Waals surface area (Å²) in [4.78, 5) is 24.7. The Morgan fingerprint density at radius 2 is 1.83 bits per heavy atom. The second-order valence-electron chi connectivity index (χ2n) is 6.34. The standard InChI is InChI=1S/C22H20N2O6/c1-14(21(25)24-17-5-8-19-20(12-17)29-10-9-28-19)30-22(26)16(13-23)11-15-3-6-18(27-2)7-4-15/h3-8,11-12,14H,9-10H2,1-2H3,(H,24,25)/b16-11+/t14-/m1/s1. The van der Waals surface area contributed by atoms with E-state index in [4.69, 9.17) is 18.9 Å². The van der Waals surface area contributed by atoms with E-state index in [1.165, 1.54) is 13.0 Å². The Morgan fingerprint density at radius 3 is 2.50 bits per heavy atom. The number of carbonyl (C=O) groups is 2. The number of nitrogens with one attached hydrogen (secondary N) is 1. The molecule has 1 N–H and O–H groups in total. The summed E-state index contributed by atoms with van der Waals surface area (Å²) < 4.78 is 21.1. The van der Waals surface area contributed by atoms with E-state index in [1.807, 2.05) is 0 Å². The highest BCUT2D eigenvalue weighted by Crippen LogP contribution is 2.32. The van der Waals surface area contributed by atoms with Crippen LogP contribution in [-0.2, 0) is 14.3 Å². The summed E-state index contributed by atoms with van der Waals surface area (Å²) in [5.41, 5.74) is 0.873. The third-order valence-corrected chi connectivity index (χ3v) is 4.23. The van der Waals surface area contributed by atoms with Gasteiger partial charge in [-0.15, -0.1) is 0 Å². The van der Waals surface area contributed by atoms with E-state index < -0.39 is 18.0 Å². The fourth-order valence-electron chi connectivity index (χ4n) is 2.65. The van der Waals surface area contributed by atoms with Crippen LogP contribution in [0.15, 0.2) is 48.0 Å². The number of hydrogen-bond donors (Lipinski definition) is 1. The summed E-state index contributed by atoms with van der Waals surface area (Å²) in [6, 6.07) is 13.6. The molecule has 0 radical (unpaired) electrons. The molecule has 8 nitrogen and oxygen atoms in total. The maximum atomic E-state index is 12.4. The molecule has 0 saturated heterocycles. The van der Waals surface area contributed by atoms with Crippen LogP contribution in [0.1, 0.15) is 12.5 Å². The number of benzene rings is 2. The van der Waals surface area contributed by atoms with Crippen molar-refractivity contribution in [2.75, 3.05) is 25.6 Å². The second kappa shape index (κ2) is 9.47. The number of hydrogen-bond acceptors (Lipinski definition) is 7. The molecule has 2 aromatic rings. The zero-order valence-corrected chi connectivity index (χ0v) is 16.5. The van der Waals surface area contributed by atoms with E-state index >= 15 is 0 Å². The number of nitrogens with zero attached hydrogens (tertiary/aromatic N) is 1. The van der Waals surface area contributed by atoms with Gasteiger partial charge < -0.3 is 24.3 Å². The Morgan fingerprint density at radius 1 is 1.13 bits per heavy atom. The first-order valence-electron chi connectivity index (χ1n) is 9.17. The third kappa shape index (κ3) is 5.08. The summed E-state index contributed by atoms with van der Waals surface area (Å²) in [5.74, 6) is 0.344. The Bertz CT molecular complexity index is 1010. The van der Waals surface area contributed by atoms with Crippen molar-refractivity contribution in [3.63, 3.8) is 0 Å². The molecule has 0 spiro atoms. The van der Waals surface area contributed by atoms with Gasteiger partial charge in [-0.1, -0.05) is 12.1 Å². The van der Waals surface area contributed by atoms with Gasteiger partial charge in [0, 0.05) is 11.8 Å². The van der Waals surface area contributed by atoms with Crippen LogP contribution >= 0.6 is 0 Å². The molecule has 1 aliphatic rings. The first-order chi connectivity index (χ1) is 14.5. The number of methoxy groups -OCH3 is 1. The van der Waals surface area contributed by atoms with Gasteiger partial charge in [0.1, 0.15) is 30.6 Å². The van der Waals surface area contributed by atoms with Gasteiger partial charge in [-0.2, -0.15) is 5.26 Å². The molecule has 1 aliphatic heterocycles. The predicted octanol–water partition coefficient (Wildman–Crippen LogP) is 2.94. The number of anilines is 1. The van der Waals surface area contributed by atoms with Crippen LogP contribution in [0, 0.1) is 11.3 Å². The Kier molecular flexibility index (Phi) is 6.55. The maximum Gasteiger partial charge on any atom is 0.349 e. The quantitative estimate of drug-likeness (QED) is 0.445. The highest BCUT2D eigenvalue weighted by molar-refractivity contribution is 6.01.